The summed E-state index contributed by atoms with van der Waals surface area (Å²) in [4.78, 5) is 56.2. The Balaban J connectivity index is 1.09. The molecule has 4 aliphatic rings. The molecular weight excluding hydrogens is 669 g/mol. The number of hydrogen-bond donors (Lipinski definition) is 1. The second kappa shape index (κ2) is 13.9. The fraction of sp³-hybridized carbons (Fsp3) is 0.400. The van der Waals surface area contributed by atoms with Crippen LogP contribution in [-0.2, 0) is 14.3 Å². The van der Waals surface area contributed by atoms with E-state index < -0.39 is 17.8 Å². The monoisotopic (exact) mass is 705 g/mol. The first-order chi connectivity index (χ1) is 23.7. The number of carbonyl (C=O) groups excluding carboxylic acids is 3. The topological polar surface area (TPSA) is 111 Å². The molecular formula is C35H37ClFN7O4S. The van der Waals surface area contributed by atoms with Crippen LogP contribution in [0.3, 0.4) is 0 Å². The molecule has 11 nitrogen and oxygen atoms in total. The molecule has 1 N–H and O–H groups in total. The summed E-state index contributed by atoms with van der Waals surface area (Å²) in [5.74, 6) is -0.162. The van der Waals surface area contributed by atoms with Gasteiger partial charge in [-0.3, -0.25) is 19.6 Å². The zero-order chi connectivity index (χ0) is 34.2. The second-order valence-electron chi connectivity index (χ2n) is 12.8. The van der Waals surface area contributed by atoms with E-state index in [1.54, 1.807) is 13.1 Å². The number of urea groups is 1. The number of rotatable bonds is 8. The van der Waals surface area contributed by atoms with Gasteiger partial charge in [-0.25, -0.2) is 19.0 Å². The number of ketones is 1. The van der Waals surface area contributed by atoms with E-state index in [0.717, 1.165) is 37.3 Å². The summed E-state index contributed by atoms with van der Waals surface area (Å²) in [7, 11) is 1.32. The predicted molar refractivity (Wildman–Crippen MR) is 187 cm³/mol. The number of fused-ring (bicyclic) bond motifs is 1. The Morgan fingerprint density at radius 2 is 1.82 bits per heavy atom. The first kappa shape index (κ1) is 33.2. The van der Waals surface area contributed by atoms with Gasteiger partial charge in [-0.2, -0.15) is 0 Å². The van der Waals surface area contributed by atoms with E-state index in [9.17, 15) is 18.8 Å². The lowest BCUT2D eigenvalue weighted by Gasteiger charge is -2.38. The molecule has 5 heterocycles. The maximum atomic E-state index is 14.0. The molecule has 14 heteroatoms. The van der Waals surface area contributed by atoms with Crippen molar-refractivity contribution in [1.29, 1.82) is 0 Å². The lowest BCUT2D eigenvalue weighted by Crippen LogP contribution is -2.53. The summed E-state index contributed by atoms with van der Waals surface area (Å²) in [5, 5.41) is 5.98. The van der Waals surface area contributed by atoms with E-state index in [2.05, 4.69) is 32.2 Å². The van der Waals surface area contributed by atoms with E-state index in [4.69, 9.17) is 21.3 Å². The molecule has 2 aromatic carbocycles. The van der Waals surface area contributed by atoms with Gasteiger partial charge in [0, 0.05) is 91.0 Å². The highest BCUT2D eigenvalue weighted by molar-refractivity contribution is 7.11. The highest BCUT2D eigenvalue weighted by Crippen LogP contribution is 2.37. The Hall–Kier alpha value is -4.33. The van der Waals surface area contributed by atoms with Crippen molar-refractivity contribution in [2.45, 2.75) is 31.8 Å². The van der Waals surface area contributed by atoms with Crippen LogP contribution in [0.15, 0.2) is 70.3 Å². The van der Waals surface area contributed by atoms with Crippen LogP contribution >= 0.6 is 22.9 Å². The smallest absolute Gasteiger partial charge is 0.338 e. The molecule has 3 fully saturated rings. The number of halogens is 2. The van der Waals surface area contributed by atoms with Crippen LogP contribution in [0.1, 0.15) is 36.4 Å². The molecule has 7 rings (SSSR count). The second-order valence-corrected chi connectivity index (χ2v) is 14.1. The zero-order valence-corrected chi connectivity index (χ0v) is 28.8. The van der Waals surface area contributed by atoms with Crippen LogP contribution in [-0.4, -0.2) is 97.4 Å². The summed E-state index contributed by atoms with van der Waals surface area (Å²) in [6, 6.07) is 11.2. The maximum absolute atomic E-state index is 14.0. The van der Waals surface area contributed by atoms with Gasteiger partial charge in [0.1, 0.15) is 17.6 Å². The minimum atomic E-state index is -0.844. The molecule has 3 aromatic rings. The Bertz CT molecular complexity index is 1810. The summed E-state index contributed by atoms with van der Waals surface area (Å²) in [6.45, 7) is 5.98. The van der Waals surface area contributed by atoms with Crippen LogP contribution in [0.5, 0.6) is 0 Å². The maximum Gasteiger partial charge on any atom is 0.338 e. The van der Waals surface area contributed by atoms with Gasteiger partial charge >= 0.3 is 12.0 Å². The molecule has 4 aliphatic heterocycles. The summed E-state index contributed by atoms with van der Waals surface area (Å²) in [5.41, 5.74) is 3.30. The average Bonchev–Trinajstić information content (AvgIpc) is 3.76. The van der Waals surface area contributed by atoms with Gasteiger partial charge < -0.3 is 19.9 Å². The molecule has 3 saturated heterocycles. The molecule has 49 heavy (non-hydrogen) atoms. The number of piperazine rings is 1. The first-order valence-electron chi connectivity index (χ1n) is 16.4. The number of anilines is 2. The van der Waals surface area contributed by atoms with E-state index in [1.165, 1.54) is 36.6 Å². The van der Waals surface area contributed by atoms with Crippen LogP contribution in [0.25, 0.3) is 0 Å². The molecule has 0 spiro atoms. The number of aromatic nitrogens is 1. The number of hydrogen-bond acceptors (Lipinski definition) is 10. The van der Waals surface area contributed by atoms with Crippen molar-refractivity contribution in [2.75, 3.05) is 62.7 Å². The highest BCUT2D eigenvalue weighted by Gasteiger charge is 2.42. The van der Waals surface area contributed by atoms with Crippen LogP contribution < -0.4 is 15.1 Å². The van der Waals surface area contributed by atoms with Crippen molar-refractivity contribution in [3.63, 3.8) is 0 Å². The van der Waals surface area contributed by atoms with Gasteiger partial charge in [0.25, 0.3) is 0 Å². The lowest BCUT2D eigenvalue weighted by molar-refractivity contribution is -0.136. The van der Waals surface area contributed by atoms with Crippen molar-refractivity contribution in [3.05, 3.63) is 86.7 Å². The van der Waals surface area contributed by atoms with Gasteiger partial charge in [0.05, 0.1) is 18.7 Å². The summed E-state index contributed by atoms with van der Waals surface area (Å²) in [6.07, 6.45) is 3.40. The van der Waals surface area contributed by atoms with E-state index in [-0.39, 0.29) is 34.4 Å². The van der Waals surface area contributed by atoms with Crippen LogP contribution in [0.2, 0.25) is 5.02 Å². The summed E-state index contributed by atoms with van der Waals surface area (Å²) < 4.78 is 19.3. The molecule has 0 saturated carbocycles. The van der Waals surface area contributed by atoms with E-state index in [0.29, 0.717) is 54.8 Å². The largest absolute Gasteiger partial charge is 0.466 e. The van der Waals surface area contributed by atoms with Crippen molar-refractivity contribution in [1.82, 2.24) is 20.1 Å². The Kier molecular flexibility index (Phi) is 9.40. The van der Waals surface area contributed by atoms with E-state index in [1.807, 2.05) is 27.3 Å². The zero-order valence-electron chi connectivity index (χ0n) is 27.3. The van der Waals surface area contributed by atoms with Gasteiger partial charge in [-0.05, 0) is 56.2 Å². The quantitative estimate of drug-likeness (QED) is 0.330. The molecule has 0 bridgehead atoms. The van der Waals surface area contributed by atoms with Crippen molar-refractivity contribution < 1.29 is 23.5 Å². The number of piperidine rings is 1. The number of nitrogens with zero attached hydrogens (tertiary/aromatic N) is 6. The Labute approximate surface area is 293 Å². The number of aliphatic imine (C=N–C) groups is 1. The Morgan fingerprint density at radius 1 is 1.06 bits per heavy atom. The van der Waals surface area contributed by atoms with Crippen molar-refractivity contribution in [3.8, 4) is 0 Å². The number of nitrogens with one attached hydrogen (secondary N) is 1. The molecule has 0 aliphatic carbocycles. The highest BCUT2D eigenvalue weighted by atomic mass is 35.5. The third kappa shape index (κ3) is 6.66. The number of Topliss-reactive ketones (excluding diaryl/α,β-unsaturated/α-hetero) is 1. The van der Waals surface area contributed by atoms with Crippen LogP contribution in [0.4, 0.5) is 20.6 Å². The van der Waals surface area contributed by atoms with Crippen molar-refractivity contribution in [2.24, 2.45) is 10.9 Å². The van der Waals surface area contributed by atoms with Gasteiger partial charge in [0.15, 0.2) is 10.8 Å². The molecule has 2 amide bonds. The fourth-order valence-corrected chi connectivity index (χ4v) is 8.07. The number of benzene rings is 2. The Morgan fingerprint density at radius 3 is 2.49 bits per heavy atom. The minimum Gasteiger partial charge on any atom is -0.466 e. The number of amides is 2. The number of amidine groups is 1. The third-order valence-electron chi connectivity index (χ3n) is 9.84. The lowest BCUT2D eigenvalue weighted by atomic mass is 9.93. The van der Waals surface area contributed by atoms with Crippen molar-refractivity contribution >= 4 is 57.9 Å². The SMILES string of the molecule is COC(=O)C1=C(CN2CCN3C(=O)N(c4ccc(N5CCC(C(C)=O)CC5)cc4)C[C@@H]3C2)NC(c2nccs2)=N[C@H]1c1ccc(F)cc1Cl. The number of esters is 1. The van der Waals surface area contributed by atoms with Gasteiger partial charge in [0.2, 0.25) is 0 Å². The predicted octanol–water partition coefficient (Wildman–Crippen LogP) is 4.89. The summed E-state index contributed by atoms with van der Waals surface area (Å²) >= 11 is 7.91. The first-order valence-corrected chi connectivity index (χ1v) is 17.6. The number of thiazole rings is 1. The number of methoxy groups -OCH3 is 1. The standard InChI is InChI=1S/C35H37ClFN7O4S/c1-21(45)22-9-12-42(13-10-22)24-4-6-25(7-5-24)44-19-26-18-41(14-15-43(26)35(44)47)20-29-30(34(46)48-2)31(27-8-3-23(37)17-28(27)36)40-32(39-29)33-38-11-16-49-33/h3-8,11,16-17,22,26,31H,9-10,12-15,18-20H2,1-2H3,(H,39,40)/t26-,31-/m0/s1. The molecule has 1 aromatic heterocycles. The average molecular weight is 706 g/mol. The van der Waals surface area contributed by atoms with Gasteiger partial charge in [-0.15, -0.1) is 11.3 Å². The van der Waals surface area contributed by atoms with Crippen LogP contribution in [0, 0.1) is 11.7 Å². The van der Waals surface area contributed by atoms with E-state index >= 15 is 0 Å². The number of ether oxygens (including phenoxy) is 1. The third-order valence-corrected chi connectivity index (χ3v) is 10.9. The fourth-order valence-electron chi connectivity index (χ4n) is 7.21. The van der Waals surface area contributed by atoms with Gasteiger partial charge in [-0.1, -0.05) is 17.7 Å². The molecule has 0 unspecified atom stereocenters. The number of carbonyl (C=O) groups is 3. The molecule has 2 atom stereocenters. The normalized spacial score (nSPS) is 21.8. The minimum absolute atomic E-state index is 0.0193. The molecule has 0 radical (unpaired) electrons. The molecule has 256 valence electrons.